The standard InChI is InChI=1S/C14H21NO3/c1-11-6-7-12(10-16)13(9-11)15(2)14(17)5-4-8-18-3/h6-7,9,16H,4-5,8,10H2,1-3H3. The Labute approximate surface area is 108 Å². The van der Waals surface area contributed by atoms with E-state index in [1.54, 1.807) is 19.1 Å². The smallest absolute Gasteiger partial charge is 0.226 e. The molecule has 4 nitrogen and oxygen atoms in total. The van der Waals surface area contributed by atoms with Crippen LogP contribution in [-0.2, 0) is 16.1 Å². The van der Waals surface area contributed by atoms with E-state index in [4.69, 9.17) is 4.74 Å². The zero-order valence-corrected chi connectivity index (χ0v) is 11.3. The zero-order chi connectivity index (χ0) is 13.5. The van der Waals surface area contributed by atoms with E-state index >= 15 is 0 Å². The van der Waals surface area contributed by atoms with Gasteiger partial charge in [0.05, 0.1) is 6.61 Å². The Hall–Kier alpha value is -1.39. The van der Waals surface area contributed by atoms with E-state index in [0.29, 0.717) is 19.4 Å². The first-order valence-electron chi connectivity index (χ1n) is 6.06. The Morgan fingerprint density at radius 1 is 1.44 bits per heavy atom. The number of aliphatic hydroxyl groups is 1. The van der Waals surface area contributed by atoms with Gasteiger partial charge in [0.15, 0.2) is 0 Å². The van der Waals surface area contributed by atoms with Crippen molar-refractivity contribution >= 4 is 11.6 Å². The number of carbonyl (C=O) groups excluding carboxylic acids is 1. The largest absolute Gasteiger partial charge is 0.392 e. The van der Waals surface area contributed by atoms with Crippen molar-refractivity contribution in [3.8, 4) is 0 Å². The molecule has 0 bridgehead atoms. The molecule has 1 rings (SSSR count). The van der Waals surface area contributed by atoms with Crippen molar-refractivity contribution in [1.82, 2.24) is 0 Å². The van der Waals surface area contributed by atoms with Crippen LogP contribution in [0.4, 0.5) is 5.69 Å². The first-order valence-corrected chi connectivity index (χ1v) is 6.06. The monoisotopic (exact) mass is 251 g/mol. The second-order valence-corrected chi connectivity index (χ2v) is 4.34. The molecule has 4 heteroatoms. The second kappa shape index (κ2) is 7.13. The van der Waals surface area contributed by atoms with Crippen LogP contribution in [0.25, 0.3) is 0 Å². The average molecular weight is 251 g/mol. The van der Waals surface area contributed by atoms with Gasteiger partial charge in [-0.15, -0.1) is 0 Å². The predicted octanol–water partition coefficient (Wildman–Crippen LogP) is 1.88. The van der Waals surface area contributed by atoms with Gasteiger partial charge >= 0.3 is 0 Å². The van der Waals surface area contributed by atoms with Crippen molar-refractivity contribution in [1.29, 1.82) is 0 Å². The molecule has 0 atom stereocenters. The van der Waals surface area contributed by atoms with Gasteiger partial charge in [-0.3, -0.25) is 4.79 Å². The van der Waals surface area contributed by atoms with Gasteiger partial charge in [0, 0.05) is 38.4 Å². The molecular weight excluding hydrogens is 230 g/mol. The molecule has 1 aromatic rings. The highest BCUT2D eigenvalue weighted by molar-refractivity contribution is 5.93. The first kappa shape index (κ1) is 14.7. The Kier molecular flexibility index (Phi) is 5.82. The summed E-state index contributed by atoms with van der Waals surface area (Å²) in [7, 11) is 3.36. The SMILES string of the molecule is COCCCC(=O)N(C)c1cc(C)ccc1CO. The maximum Gasteiger partial charge on any atom is 0.226 e. The molecule has 0 aliphatic heterocycles. The van der Waals surface area contributed by atoms with E-state index in [-0.39, 0.29) is 12.5 Å². The van der Waals surface area contributed by atoms with Crippen molar-refractivity contribution in [3.05, 3.63) is 29.3 Å². The quantitative estimate of drug-likeness (QED) is 0.785. The summed E-state index contributed by atoms with van der Waals surface area (Å²) < 4.78 is 4.93. The summed E-state index contributed by atoms with van der Waals surface area (Å²) in [5.74, 6) is 0.0346. The Bertz CT molecular complexity index is 404. The van der Waals surface area contributed by atoms with Crippen molar-refractivity contribution < 1.29 is 14.6 Å². The molecule has 0 saturated heterocycles. The number of anilines is 1. The molecule has 1 N–H and O–H groups in total. The molecular formula is C14H21NO3. The Morgan fingerprint density at radius 3 is 2.78 bits per heavy atom. The van der Waals surface area contributed by atoms with Gasteiger partial charge in [-0.2, -0.15) is 0 Å². The Morgan fingerprint density at radius 2 is 2.17 bits per heavy atom. The number of aliphatic hydroxyl groups excluding tert-OH is 1. The van der Waals surface area contributed by atoms with Crippen LogP contribution >= 0.6 is 0 Å². The third-order valence-electron chi connectivity index (χ3n) is 2.89. The molecule has 0 spiro atoms. The van der Waals surface area contributed by atoms with Gasteiger partial charge in [0.25, 0.3) is 0 Å². The number of ether oxygens (including phenoxy) is 1. The number of hydrogen-bond donors (Lipinski definition) is 1. The van der Waals surface area contributed by atoms with Gasteiger partial charge in [-0.05, 0) is 25.0 Å². The molecule has 0 aliphatic carbocycles. The van der Waals surface area contributed by atoms with E-state index in [1.807, 2.05) is 25.1 Å². The lowest BCUT2D eigenvalue weighted by Gasteiger charge is -2.20. The summed E-state index contributed by atoms with van der Waals surface area (Å²) in [6, 6.07) is 5.70. The molecule has 0 heterocycles. The van der Waals surface area contributed by atoms with E-state index in [2.05, 4.69) is 0 Å². The number of nitrogens with zero attached hydrogens (tertiary/aromatic N) is 1. The fraction of sp³-hybridized carbons (Fsp3) is 0.500. The molecule has 0 radical (unpaired) electrons. The topological polar surface area (TPSA) is 49.8 Å². The predicted molar refractivity (Wildman–Crippen MR) is 71.6 cm³/mol. The number of methoxy groups -OCH3 is 1. The summed E-state index contributed by atoms with van der Waals surface area (Å²) in [6.45, 7) is 2.49. The van der Waals surface area contributed by atoms with Gasteiger partial charge in [-0.1, -0.05) is 12.1 Å². The third-order valence-corrected chi connectivity index (χ3v) is 2.89. The van der Waals surface area contributed by atoms with Crippen molar-refractivity contribution in [2.24, 2.45) is 0 Å². The van der Waals surface area contributed by atoms with Gasteiger partial charge in [0.1, 0.15) is 0 Å². The van der Waals surface area contributed by atoms with Crippen LogP contribution in [-0.4, -0.2) is 31.8 Å². The summed E-state index contributed by atoms with van der Waals surface area (Å²) >= 11 is 0. The average Bonchev–Trinajstić information content (AvgIpc) is 2.38. The van der Waals surface area contributed by atoms with Crippen LogP contribution in [0.3, 0.4) is 0 Å². The van der Waals surface area contributed by atoms with Crippen LogP contribution in [0.2, 0.25) is 0 Å². The number of hydrogen-bond acceptors (Lipinski definition) is 3. The Balaban J connectivity index is 2.78. The van der Waals surface area contributed by atoms with Crippen LogP contribution in [0.5, 0.6) is 0 Å². The summed E-state index contributed by atoms with van der Waals surface area (Å²) in [5.41, 5.74) is 2.61. The molecule has 0 fully saturated rings. The lowest BCUT2D eigenvalue weighted by molar-refractivity contribution is -0.118. The van der Waals surface area contributed by atoms with E-state index < -0.39 is 0 Å². The number of rotatable bonds is 6. The minimum Gasteiger partial charge on any atom is -0.392 e. The van der Waals surface area contributed by atoms with Crippen molar-refractivity contribution in [2.45, 2.75) is 26.4 Å². The highest BCUT2D eigenvalue weighted by Gasteiger charge is 2.14. The molecule has 0 aromatic heterocycles. The zero-order valence-electron chi connectivity index (χ0n) is 11.3. The normalized spacial score (nSPS) is 10.4. The fourth-order valence-electron chi connectivity index (χ4n) is 1.79. The number of aryl methyl sites for hydroxylation is 1. The van der Waals surface area contributed by atoms with Crippen LogP contribution in [0.15, 0.2) is 18.2 Å². The van der Waals surface area contributed by atoms with Gasteiger partial charge < -0.3 is 14.7 Å². The highest BCUT2D eigenvalue weighted by Crippen LogP contribution is 2.22. The summed E-state index contributed by atoms with van der Waals surface area (Å²) in [6.07, 6.45) is 1.16. The number of amides is 1. The van der Waals surface area contributed by atoms with Gasteiger partial charge in [0.2, 0.25) is 5.91 Å². The second-order valence-electron chi connectivity index (χ2n) is 4.34. The maximum absolute atomic E-state index is 12.0. The molecule has 18 heavy (non-hydrogen) atoms. The number of benzene rings is 1. The minimum absolute atomic E-state index is 0.0346. The molecule has 1 amide bonds. The molecule has 100 valence electrons. The maximum atomic E-state index is 12.0. The van der Waals surface area contributed by atoms with E-state index in [1.165, 1.54) is 0 Å². The van der Waals surface area contributed by atoms with Crippen molar-refractivity contribution in [2.75, 3.05) is 25.7 Å². The fourth-order valence-corrected chi connectivity index (χ4v) is 1.79. The third kappa shape index (κ3) is 3.82. The molecule has 0 unspecified atom stereocenters. The van der Waals surface area contributed by atoms with E-state index in [9.17, 15) is 9.90 Å². The molecule has 0 saturated carbocycles. The lowest BCUT2D eigenvalue weighted by Crippen LogP contribution is -2.27. The molecule has 0 aliphatic rings. The van der Waals surface area contributed by atoms with Crippen LogP contribution in [0.1, 0.15) is 24.0 Å². The highest BCUT2D eigenvalue weighted by atomic mass is 16.5. The summed E-state index contributed by atoms with van der Waals surface area (Å²) in [5, 5.41) is 9.30. The lowest BCUT2D eigenvalue weighted by atomic mass is 10.1. The van der Waals surface area contributed by atoms with Crippen LogP contribution < -0.4 is 4.90 Å². The van der Waals surface area contributed by atoms with Crippen molar-refractivity contribution in [3.63, 3.8) is 0 Å². The first-order chi connectivity index (χ1) is 8.60. The molecule has 1 aromatic carbocycles. The van der Waals surface area contributed by atoms with E-state index in [0.717, 1.165) is 16.8 Å². The number of carbonyl (C=O) groups is 1. The summed E-state index contributed by atoms with van der Waals surface area (Å²) in [4.78, 5) is 13.6. The van der Waals surface area contributed by atoms with Gasteiger partial charge in [-0.25, -0.2) is 0 Å². The van der Waals surface area contributed by atoms with Crippen LogP contribution in [0, 0.1) is 6.92 Å². The minimum atomic E-state index is -0.0642.